The summed E-state index contributed by atoms with van der Waals surface area (Å²) in [6.45, 7) is 0. The maximum absolute atomic E-state index is 11.9. The molecule has 0 rings (SSSR count). The molecule has 0 heterocycles. The molecule has 0 radical (unpaired) electrons. The lowest BCUT2D eigenvalue weighted by molar-refractivity contribution is -0.196. The average molecular weight is 741 g/mol. The zero-order valence-corrected chi connectivity index (χ0v) is 28.8. The van der Waals surface area contributed by atoms with Crippen molar-refractivity contribution in [1.29, 1.82) is 0 Å². The highest BCUT2D eigenvalue weighted by atomic mass is 32.3. The number of hydrogen-bond acceptors (Lipinski definition) is 19. The number of aliphatic hydroxyl groups excluding tert-OH is 2. The van der Waals surface area contributed by atoms with Gasteiger partial charge in [0, 0.05) is 20.3 Å². The monoisotopic (exact) mass is 740 g/mol. The fraction of sp³-hybridized carbons (Fsp3) is 0.765. The van der Waals surface area contributed by atoms with Crippen LogP contribution >= 0.6 is 106 Å². The Morgan fingerprint density at radius 2 is 1.46 bits per heavy atom. The van der Waals surface area contributed by atoms with E-state index in [4.69, 9.17) is 19.8 Å². The van der Waals surface area contributed by atoms with E-state index in [1.165, 1.54) is 59.0 Å². The van der Waals surface area contributed by atoms with E-state index in [0.29, 0.717) is 33.7 Å². The summed E-state index contributed by atoms with van der Waals surface area (Å²) in [5.41, 5.74) is 1.46. The summed E-state index contributed by atoms with van der Waals surface area (Å²) in [5.74, 6) is 2.16. The Morgan fingerprint density at radius 1 is 0.795 bits per heavy atom. The quantitative estimate of drug-likeness (QED) is 0.0236. The molecule has 1 unspecified atom stereocenters. The number of amides is 2. The van der Waals surface area contributed by atoms with Crippen LogP contribution in [0.5, 0.6) is 0 Å². The van der Waals surface area contributed by atoms with Gasteiger partial charge < -0.3 is 30.5 Å². The predicted molar refractivity (Wildman–Crippen MR) is 181 cm³/mol. The van der Waals surface area contributed by atoms with Crippen molar-refractivity contribution in [3.63, 3.8) is 0 Å². The van der Waals surface area contributed by atoms with Gasteiger partial charge in [-0.3, -0.25) is 14.0 Å². The fourth-order valence-corrected chi connectivity index (χ4v) is 9.45. The van der Waals surface area contributed by atoms with E-state index < -0.39 is 16.9 Å². The molecular formula is C17H32N4O8S10. The molecule has 0 aliphatic heterocycles. The molecule has 0 aliphatic carbocycles. The normalized spacial score (nSPS) is 12.2. The smallest absolute Gasteiger partial charge is 0.408 e. The number of rotatable bonds is 27. The minimum absolute atomic E-state index is 0.0282. The second kappa shape index (κ2) is 33.6. The van der Waals surface area contributed by atoms with Crippen LogP contribution in [-0.4, -0.2) is 110 Å². The maximum atomic E-state index is 11.9. The van der Waals surface area contributed by atoms with Crippen molar-refractivity contribution in [3.8, 4) is 0 Å². The number of hydrogen-bond donors (Lipinski definition) is 4. The highest BCUT2D eigenvalue weighted by Crippen LogP contribution is 2.19. The van der Waals surface area contributed by atoms with Crippen molar-refractivity contribution in [2.45, 2.75) is 0 Å². The van der Waals surface area contributed by atoms with Crippen LogP contribution in [0.15, 0.2) is 9.98 Å². The van der Waals surface area contributed by atoms with Gasteiger partial charge in [-0.1, -0.05) is 23.5 Å². The van der Waals surface area contributed by atoms with Gasteiger partial charge in [0.15, 0.2) is 0 Å². The molecule has 4 N–H and O–H groups in total. The van der Waals surface area contributed by atoms with Crippen LogP contribution < -0.4 is 10.6 Å². The van der Waals surface area contributed by atoms with Crippen LogP contribution in [0.25, 0.3) is 0 Å². The molecule has 12 nitrogen and oxygen atoms in total. The van der Waals surface area contributed by atoms with Gasteiger partial charge >= 0.3 is 6.09 Å². The Morgan fingerprint density at radius 3 is 2.21 bits per heavy atom. The summed E-state index contributed by atoms with van der Waals surface area (Å²) in [7, 11) is -1.14. The van der Waals surface area contributed by atoms with Crippen molar-refractivity contribution in [3.05, 3.63) is 0 Å². The molecule has 0 saturated carbocycles. The summed E-state index contributed by atoms with van der Waals surface area (Å²) >= 11 is 12.8. The minimum atomic E-state index is -1.14. The molecule has 1 atom stereocenters. The van der Waals surface area contributed by atoms with Gasteiger partial charge in [0.25, 0.3) is 5.24 Å². The number of nitrogens with zero attached hydrogens (tertiary/aromatic N) is 2. The largest absolute Gasteiger partial charge is 0.438 e. The highest BCUT2D eigenvalue weighted by molar-refractivity contribution is 8.28. The molecule has 0 fully saturated rings. The van der Waals surface area contributed by atoms with Crippen LogP contribution in [0.3, 0.4) is 0 Å². The molecule has 0 bridgehead atoms. The van der Waals surface area contributed by atoms with Crippen LogP contribution in [-0.2, 0) is 25.3 Å². The van der Waals surface area contributed by atoms with E-state index in [1.807, 2.05) is 0 Å². The third kappa shape index (κ3) is 33.4. The lowest BCUT2D eigenvalue weighted by Gasteiger charge is -2.05. The SMILES string of the molecule is O=C(NCSCSC/N=C/S(=O)CSCSCSC(=O)NCSCSC/N=C/OOCSCO)OCSCO. The number of aliphatic hydroxyl groups is 2. The summed E-state index contributed by atoms with van der Waals surface area (Å²) in [4.78, 5) is 40.6. The molecular weight excluding hydrogens is 709 g/mol. The van der Waals surface area contributed by atoms with E-state index in [1.54, 1.807) is 47.0 Å². The first-order valence-corrected chi connectivity index (χ1v) is 22.0. The Labute approximate surface area is 269 Å². The van der Waals surface area contributed by atoms with Crippen molar-refractivity contribution in [2.75, 3.05) is 72.7 Å². The second-order valence-corrected chi connectivity index (χ2v) is 17.3. The van der Waals surface area contributed by atoms with Gasteiger partial charge in [0.1, 0.15) is 11.9 Å². The van der Waals surface area contributed by atoms with Gasteiger partial charge in [-0.15, -0.1) is 82.3 Å². The average Bonchev–Trinajstić information content (AvgIpc) is 2.92. The summed E-state index contributed by atoms with van der Waals surface area (Å²) < 4.78 is 16.7. The second-order valence-electron chi connectivity index (χ2n) is 5.65. The number of carbonyl (C=O) groups excluding carboxylic acids is 2. The van der Waals surface area contributed by atoms with Crippen LogP contribution in [0.4, 0.5) is 9.59 Å². The van der Waals surface area contributed by atoms with Gasteiger partial charge in [-0.2, -0.15) is 4.89 Å². The van der Waals surface area contributed by atoms with E-state index in [9.17, 15) is 13.8 Å². The zero-order valence-electron chi connectivity index (χ0n) is 20.7. The van der Waals surface area contributed by atoms with E-state index in [-0.39, 0.29) is 29.0 Å². The first-order valence-electron chi connectivity index (χ1n) is 10.4. The topological polar surface area (TPSA) is 168 Å². The zero-order chi connectivity index (χ0) is 28.7. The minimum Gasteiger partial charge on any atom is -0.438 e. The molecule has 22 heteroatoms. The van der Waals surface area contributed by atoms with Gasteiger partial charge in [-0.25, -0.2) is 9.79 Å². The first-order chi connectivity index (χ1) is 19.1. The Kier molecular flexibility index (Phi) is 34.5. The standard InChI is InChI=1S/C17H32N4O8S10/c22-7-34-9-27-16(24)20-4-32-12-31-3-19-6-39(26)15-37-13-36-14-38-17(25)21-5-33-11-30-2-18-1-28-29-10-35-8-23/h1,6,22-23H,2-5,7-15H2,(H,20,24)(H,21,25)/b18-1+,19-6+. The van der Waals surface area contributed by atoms with Crippen molar-refractivity contribution in [2.24, 2.45) is 9.98 Å². The molecule has 0 aromatic carbocycles. The maximum Gasteiger partial charge on any atom is 0.408 e. The summed E-state index contributed by atoms with van der Waals surface area (Å²) in [6, 6.07) is 0. The van der Waals surface area contributed by atoms with Crippen LogP contribution in [0, 0.1) is 0 Å². The molecule has 0 saturated heterocycles. The lowest BCUT2D eigenvalue weighted by atomic mass is 11.1. The molecule has 0 aromatic heterocycles. The summed E-state index contributed by atoms with van der Waals surface area (Å²) in [5, 5.41) is 25.8. The predicted octanol–water partition coefficient (Wildman–Crippen LogP) is 4.21. The van der Waals surface area contributed by atoms with Crippen molar-refractivity contribution >= 4 is 140 Å². The number of nitrogens with one attached hydrogen (secondary N) is 2. The van der Waals surface area contributed by atoms with E-state index >= 15 is 0 Å². The number of aliphatic imine (C=N–C) groups is 2. The van der Waals surface area contributed by atoms with E-state index in [0.717, 1.165) is 27.0 Å². The molecule has 228 valence electrons. The van der Waals surface area contributed by atoms with E-state index in [2.05, 4.69) is 25.5 Å². The lowest BCUT2D eigenvalue weighted by Crippen LogP contribution is -2.23. The number of carbonyl (C=O) groups is 2. The van der Waals surface area contributed by atoms with Crippen LogP contribution in [0.1, 0.15) is 0 Å². The molecule has 2 amide bonds. The number of alkyl carbamates (subject to hydrolysis) is 1. The van der Waals surface area contributed by atoms with Crippen LogP contribution in [0.2, 0.25) is 0 Å². The van der Waals surface area contributed by atoms with Gasteiger partial charge in [-0.05, 0) is 0 Å². The first kappa shape index (κ1) is 40.1. The third-order valence-electron chi connectivity index (χ3n) is 2.91. The summed E-state index contributed by atoms with van der Waals surface area (Å²) in [6.07, 6.45) is 0.692. The van der Waals surface area contributed by atoms with Crippen molar-refractivity contribution < 1.29 is 38.5 Å². The Hall–Kier alpha value is 1.06. The number of ether oxygens (including phenoxy) is 1. The van der Waals surface area contributed by atoms with Gasteiger partial charge in [0.2, 0.25) is 6.40 Å². The van der Waals surface area contributed by atoms with Crippen molar-refractivity contribution in [1.82, 2.24) is 10.6 Å². The highest BCUT2D eigenvalue weighted by Gasteiger charge is 2.03. The third-order valence-corrected chi connectivity index (χ3v) is 12.7. The molecule has 0 aliphatic rings. The molecule has 39 heavy (non-hydrogen) atoms. The molecule has 0 aromatic rings. The Balaban J connectivity index is 3.42. The fourth-order valence-electron chi connectivity index (χ4n) is 1.47. The Bertz CT molecular complexity index is 687. The molecule has 0 spiro atoms. The number of thioether (sulfide) groups is 9. The van der Waals surface area contributed by atoms with Gasteiger partial charge in [0.05, 0.1) is 56.8 Å².